The third-order valence-electron chi connectivity index (χ3n) is 3.01. The molecule has 1 atom stereocenters. The van der Waals surface area contributed by atoms with Gasteiger partial charge in [0, 0.05) is 6.07 Å². The van der Waals surface area contributed by atoms with E-state index in [1.54, 1.807) is 24.3 Å². The first-order chi connectivity index (χ1) is 10.7. The Labute approximate surface area is 135 Å². The lowest BCUT2D eigenvalue weighted by Gasteiger charge is -2.13. The van der Waals surface area contributed by atoms with Crippen LogP contribution in [0.25, 0.3) is 10.2 Å². The van der Waals surface area contributed by atoms with Gasteiger partial charge in [0.25, 0.3) is 0 Å². The van der Waals surface area contributed by atoms with Gasteiger partial charge in [-0.15, -0.1) is 11.3 Å². The van der Waals surface area contributed by atoms with E-state index in [4.69, 9.17) is 4.52 Å². The summed E-state index contributed by atoms with van der Waals surface area (Å²) in [5.41, 5.74) is 0.907. The molecule has 0 saturated heterocycles. The standard InChI is InChI=1S/C14H14N4O2S2/c1-3-10(13(19)17-11-6-8(2)20-18-11)22-14-12-9(4-5-21-12)15-7-16-14/h4-7,10H,3H2,1-2H3,(H,17,18,19). The maximum atomic E-state index is 12.4. The smallest absolute Gasteiger partial charge is 0.239 e. The molecule has 0 aliphatic carbocycles. The van der Waals surface area contributed by atoms with Crippen LogP contribution in [0.1, 0.15) is 19.1 Å². The third kappa shape index (κ3) is 3.12. The lowest BCUT2D eigenvalue weighted by molar-refractivity contribution is -0.115. The van der Waals surface area contributed by atoms with Crippen LogP contribution in [0.4, 0.5) is 5.82 Å². The van der Waals surface area contributed by atoms with Crippen LogP contribution in [0.3, 0.4) is 0 Å². The van der Waals surface area contributed by atoms with E-state index in [1.807, 2.05) is 18.4 Å². The summed E-state index contributed by atoms with van der Waals surface area (Å²) < 4.78 is 5.96. The molecule has 3 aromatic heterocycles. The SMILES string of the molecule is CCC(Sc1ncnc2ccsc12)C(=O)Nc1cc(C)on1. The van der Waals surface area contributed by atoms with Crippen LogP contribution in [0.2, 0.25) is 0 Å². The van der Waals surface area contributed by atoms with Gasteiger partial charge >= 0.3 is 0 Å². The largest absolute Gasteiger partial charge is 0.360 e. The van der Waals surface area contributed by atoms with Crippen molar-refractivity contribution in [1.29, 1.82) is 0 Å². The Hall–Kier alpha value is -1.93. The molecule has 114 valence electrons. The summed E-state index contributed by atoms with van der Waals surface area (Å²) in [5.74, 6) is 0.988. The Balaban J connectivity index is 1.76. The number of hydrogen-bond acceptors (Lipinski definition) is 7. The molecule has 3 aromatic rings. The van der Waals surface area contributed by atoms with Gasteiger partial charge in [-0.05, 0) is 24.8 Å². The number of aromatic nitrogens is 3. The Kier molecular flexibility index (Phi) is 4.39. The second kappa shape index (κ2) is 6.45. The number of thioether (sulfide) groups is 1. The van der Waals surface area contributed by atoms with Crippen LogP contribution in [0, 0.1) is 6.92 Å². The summed E-state index contributed by atoms with van der Waals surface area (Å²) >= 11 is 3.03. The van der Waals surface area contributed by atoms with Crippen molar-refractivity contribution in [2.24, 2.45) is 0 Å². The molecule has 3 heterocycles. The maximum absolute atomic E-state index is 12.4. The van der Waals surface area contributed by atoms with Crippen molar-refractivity contribution < 1.29 is 9.32 Å². The number of nitrogens with zero attached hydrogens (tertiary/aromatic N) is 3. The van der Waals surface area contributed by atoms with Crippen molar-refractivity contribution in [2.75, 3.05) is 5.32 Å². The van der Waals surface area contributed by atoms with Crippen molar-refractivity contribution in [3.63, 3.8) is 0 Å². The second-order valence-corrected chi connectivity index (χ2v) is 6.75. The normalized spacial score (nSPS) is 12.5. The molecule has 0 aliphatic rings. The van der Waals surface area contributed by atoms with E-state index in [2.05, 4.69) is 20.4 Å². The van der Waals surface area contributed by atoms with Gasteiger partial charge in [-0.1, -0.05) is 23.8 Å². The van der Waals surface area contributed by atoms with Crippen molar-refractivity contribution in [3.8, 4) is 0 Å². The van der Waals surface area contributed by atoms with Crippen LogP contribution >= 0.6 is 23.1 Å². The number of nitrogens with one attached hydrogen (secondary N) is 1. The number of hydrogen-bond donors (Lipinski definition) is 1. The van der Waals surface area contributed by atoms with Gasteiger partial charge in [-0.25, -0.2) is 9.97 Å². The zero-order chi connectivity index (χ0) is 15.5. The molecule has 6 nitrogen and oxygen atoms in total. The molecule has 0 spiro atoms. The number of fused-ring (bicyclic) bond motifs is 1. The van der Waals surface area contributed by atoms with Gasteiger partial charge in [0.2, 0.25) is 5.91 Å². The molecule has 0 bridgehead atoms. The summed E-state index contributed by atoms with van der Waals surface area (Å²) in [7, 11) is 0. The summed E-state index contributed by atoms with van der Waals surface area (Å²) in [4.78, 5) is 20.9. The van der Waals surface area contributed by atoms with Crippen LogP contribution in [-0.4, -0.2) is 26.3 Å². The van der Waals surface area contributed by atoms with E-state index in [9.17, 15) is 4.79 Å². The molecular formula is C14H14N4O2S2. The Bertz CT molecular complexity index is 799. The van der Waals surface area contributed by atoms with Gasteiger partial charge in [-0.2, -0.15) is 0 Å². The molecule has 1 N–H and O–H groups in total. The lowest BCUT2D eigenvalue weighted by atomic mass is 10.3. The van der Waals surface area contributed by atoms with Gasteiger partial charge < -0.3 is 9.84 Å². The monoisotopic (exact) mass is 334 g/mol. The van der Waals surface area contributed by atoms with Gasteiger partial charge in [0.15, 0.2) is 5.82 Å². The molecule has 0 fully saturated rings. The molecule has 8 heteroatoms. The average Bonchev–Trinajstić information content (AvgIpc) is 3.13. The number of carbonyl (C=O) groups excluding carboxylic acids is 1. The Morgan fingerprint density at radius 2 is 2.36 bits per heavy atom. The first kappa shape index (κ1) is 15.0. The highest BCUT2D eigenvalue weighted by atomic mass is 32.2. The fraction of sp³-hybridized carbons (Fsp3) is 0.286. The molecular weight excluding hydrogens is 320 g/mol. The minimum atomic E-state index is -0.253. The lowest BCUT2D eigenvalue weighted by Crippen LogP contribution is -2.24. The number of carbonyl (C=O) groups is 1. The number of anilines is 1. The van der Waals surface area contributed by atoms with Crippen molar-refractivity contribution in [3.05, 3.63) is 29.6 Å². The van der Waals surface area contributed by atoms with Crippen LogP contribution in [0.15, 0.2) is 33.4 Å². The summed E-state index contributed by atoms with van der Waals surface area (Å²) in [5, 5.41) is 9.11. The second-order valence-electron chi connectivity index (χ2n) is 4.64. The predicted molar refractivity (Wildman–Crippen MR) is 87.2 cm³/mol. The topological polar surface area (TPSA) is 80.9 Å². The van der Waals surface area contributed by atoms with Gasteiger partial charge in [0.1, 0.15) is 17.1 Å². The van der Waals surface area contributed by atoms with Gasteiger partial charge in [-0.3, -0.25) is 4.79 Å². The van der Waals surface area contributed by atoms with Crippen molar-refractivity contribution >= 4 is 45.0 Å². The number of amides is 1. The first-order valence-electron chi connectivity index (χ1n) is 6.76. The first-order valence-corrected chi connectivity index (χ1v) is 8.52. The van der Waals surface area contributed by atoms with Crippen LogP contribution in [0.5, 0.6) is 0 Å². The summed E-state index contributed by atoms with van der Waals surface area (Å²) in [6.45, 7) is 3.75. The van der Waals surface area contributed by atoms with Crippen LogP contribution < -0.4 is 5.32 Å². The maximum Gasteiger partial charge on any atom is 0.239 e. The Morgan fingerprint density at radius 3 is 3.09 bits per heavy atom. The molecule has 0 aromatic carbocycles. The van der Waals surface area contributed by atoms with Crippen molar-refractivity contribution in [1.82, 2.24) is 15.1 Å². The highest BCUT2D eigenvalue weighted by Crippen LogP contribution is 2.32. The number of thiophene rings is 1. The van der Waals surface area contributed by atoms with E-state index in [0.717, 1.165) is 15.2 Å². The summed E-state index contributed by atoms with van der Waals surface area (Å²) in [6, 6.07) is 3.64. The fourth-order valence-electron chi connectivity index (χ4n) is 1.94. The third-order valence-corrected chi connectivity index (χ3v) is 5.41. The summed E-state index contributed by atoms with van der Waals surface area (Å²) in [6.07, 6.45) is 2.22. The Morgan fingerprint density at radius 1 is 1.50 bits per heavy atom. The molecule has 0 saturated carbocycles. The number of aryl methyl sites for hydroxylation is 1. The highest BCUT2D eigenvalue weighted by molar-refractivity contribution is 8.00. The number of rotatable bonds is 5. The minimum Gasteiger partial charge on any atom is -0.360 e. The molecule has 1 amide bonds. The zero-order valence-electron chi connectivity index (χ0n) is 12.1. The fourth-order valence-corrected chi connectivity index (χ4v) is 3.88. The van der Waals surface area contributed by atoms with Gasteiger partial charge in [0.05, 0.1) is 15.5 Å². The van der Waals surface area contributed by atoms with E-state index in [-0.39, 0.29) is 11.2 Å². The highest BCUT2D eigenvalue weighted by Gasteiger charge is 2.21. The average molecular weight is 334 g/mol. The molecule has 22 heavy (non-hydrogen) atoms. The van der Waals surface area contributed by atoms with E-state index in [1.165, 1.54) is 18.1 Å². The van der Waals surface area contributed by atoms with Crippen molar-refractivity contribution in [2.45, 2.75) is 30.5 Å². The quantitative estimate of drug-likeness (QED) is 0.568. The van der Waals surface area contributed by atoms with E-state index in [0.29, 0.717) is 18.0 Å². The molecule has 1 unspecified atom stereocenters. The predicted octanol–water partition coefficient (Wildman–Crippen LogP) is 3.50. The molecule has 3 rings (SSSR count). The van der Waals surface area contributed by atoms with E-state index >= 15 is 0 Å². The zero-order valence-corrected chi connectivity index (χ0v) is 13.7. The van der Waals surface area contributed by atoms with Crippen LogP contribution in [-0.2, 0) is 4.79 Å². The molecule has 0 aliphatic heterocycles. The minimum absolute atomic E-state index is 0.107. The molecule has 0 radical (unpaired) electrons. The van der Waals surface area contributed by atoms with E-state index < -0.39 is 0 Å².